The van der Waals surface area contributed by atoms with E-state index in [1.165, 1.54) is 0 Å². The number of carbonyl (C=O) groups excluding carboxylic acids is 2. The molecule has 0 aliphatic rings. The Labute approximate surface area is 220 Å². The molecule has 0 saturated carbocycles. The van der Waals surface area contributed by atoms with Crippen molar-refractivity contribution >= 4 is 23.8 Å². The molecule has 0 radical (unpaired) electrons. The standard InChI is InChI=1S/C15H22N2O3.C6H14N2O.C5H11NO2/c16-11-5-4-8-13(15(19)20)17-14(18)10-9-12-6-2-1-3-7-12;1-4(2)3-5(7)6(8)9;1-2-3-4(6)5(7)8/h1-3,6-7,13H,4-5,8-11,16H2,(H,17,18)(H,19,20);4-5H,3,7H2,1-2H3,(H2,8,9);4H,2-3,6H2,1H3,(H,7,8)/t13-;5-;4-/m000/s1. The summed E-state index contributed by atoms with van der Waals surface area (Å²) in [5, 5.41) is 19.8. The van der Waals surface area contributed by atoms with Crippen LogP contribution in [0.5, 0.6) is 0 Å². The van der Waals surface area contributed by atoms with Crippen LogP contribution in [0.15, 0.2) is 30.3 Å². The maximum absolute atomic E-state index is 11.8. The van der Waals surface area contributed by atoms with Gasteiger partial charge >= 0.3 is 11.9 Å². The Bertz CT molecular complexity index is 776. The average Bonchev–Trinajstić information content (AvgIpc) is 2.83. The SMILES string of the molecule is CC(C)C[C@H](N)C(N)=O.CCC[C@H](N)C(=O)O.NCCCC[C@H](NC(=O)CCc1ccccc1)C(=O)O. The second-order valence-electron chi connectivity index (χ2n) is 9.10. The molecule has 37 heavy (non-hydrogen) atoms. The number of unbranched alkanes of at least 4 members (excludes halogenated alkanes) is 1. The van der Waals surface area contributed by atoms with E-state index < -0.39 is 36.0 Å². The summed E-state index contributed by atoms with van der Waals surface area (Å²) >= 11 is 0. The molecule has 0 bridgehead atoms. The fourth-order valence-corrected chi connectivity index (χ4v) is 2.98. The number of carboxylic acids is 2. The van der Waals surface area contributed by atoms with Gasteiger partial charge in [-0.3, -0.25) is 14.4 Å². The number of amides is 2. The number of carboxylic acid groups (broad SMARTS) is 2. The molecule has 212 valence electrons. The molecule has 1 aromatic carbocycles. The summed E-state index contributed by atoms with van der Waals surface area (Å²) in [4.78, 5) is 43.1. The number of nitrogens with one attached hydrogen (secondary N) is 1. The van der Waals surface area contributed by atoms with Gasteiger partial charge in [-0.1, -0.05) is 57.5 Å². The van der Waals surface area contributed by atoms with Gasteiger partial charge in [-0.05, 0) is 56.6 Å². The van der Waals surface area contributed by atoms with Gasteiger partial charge in [-0.25, -0.2) is 4.79 Å². The van der Waals surface area contributed by atoms with Gasteiger partial charge in [0.05, 0.1) is 6.04 Å². The lowest BCUT2D eigenvalue weighted by atomic mass is 10.0. The summed E-state index contributed by atoms with van der Waals surface area (Å²) in [5.41, 5.74) is 21.8. The lowest BCUT2D eigenvalue weighted by Crippen LogP contribution is -2.40. The molecule has 0 saturated heterocycles. The van der Waals surface area contributed by atoms with Crippen LogP contribution in [0.3, 0.4) is 0 Å². The summed E-state index contributed by atoms with van der Waals surface area (Å²) in [6, 6.07) is 7.70. The number of aliphatic carboxylic acids is 2. The van der Waals surface area contributed by atoms with Gasteiger partial charge in [-0.15, -0.1) is 0 Å². The van der Waals surface area contributed by atoms with E-state index in [0.717, 1.165) is 18.4 Å². The monoisotopic (exact) mass is 525 g/mol. The molecule has 0 heterocycles. The van der Waals surface area contributed by atoms with Crippen molar-refractivity contribution in [1.82, 2.24) is 5.32 Å². The first-order valence-electron chi connectivity index (χ1n) is 12.6. The Hall–Kier alpha value is -3.02. The van der Waals surface area contributed by atoms with E-state index >= 15 is 0 Å². The third-order valence-corrected chi connectivity index (χ3v) is 5.07. The number of nitrogens with two attached hydrogens (primary N) is 4. The average molecular weight is 526 g/mol. The fraction of sp³-hybridized carbons (Fsp3) is 0.615. The number of benzene rings is 1. The minimum atomic E-state index is -0.991. The highest BCUT2D eigenvalue weighted by molar-refractivity contribution is 5.83. The molecule has 0 fully saturated rings. The molecular weight excluding hydrogens is 478 g/mol. The Morgan fingerprint density at radius 3 is 1.89 bits per heavy atom. The van der Waals surface area contributed by atoms with E-state index in [0.29, 0.717) is 51.0 Å². The van der Waals surface area contributed by atoms with Gasteiger partial charge in [0.2, 0.25) is 11.8 Å². The predicted molar refractivity (Wildman–Crippen MR) is 144 cm³/mol. The molecule has 11 nitrogen and oxygen atoms in total. The fourth-order valence-electron chi connectivity index (χ4n) is 2.98. The molecule has 1 aromatic rings. The van der Waals surface area contributed by atoms with E-state index in [-0.39, 0.29) is 5.91 Å². The number of hydrogen-bond donors (Lipinski definition) is 7. The van der Waals surface area contributed by atoms with E-state index in [1.807, 2.05) is 51.1 Å². The number of carbonyl (C=O) groups is 4. The molecular formula is C26H47N5O6. The minimum Gasteiger partial charge on any atom is -0.480 e. The first-order chi connectivity index (χ1) is 17.3. The molecule has 3 atom stereocenters. The lowest BCUT2D eigenvalue weighted by Gasteiger charge is -2.14. The summed E-state index contributed by atoms with van der Waals surface area (Å²) in [6.45, 7) is 6.45. The minimum absolute atomic E-state index is 0.228. The zero-order valence-corrected chi connectivity index (χ0v) is 22.4. The highest BCUT2D eigenvalue weighted by Crippen LogP contribution is 2.05. The Kier molecular flexibility index (Phi) is 21.7. The van der Waals surface area contributed by atoms with Crippen molar-refractivity contribution in [2.24, 2.45) is 28.9 Å². The van der Waals surface area contributed by atoms with E-state index in [1.54, 1.807) is 0 Å². The van der Waals surface area contributed by atoms with Crippen molar-refractivity contribution < 1.29 is 29.4 Å². The van der Waals surface area contributed by atoms with Gasteiger partial charge < -0.3 is 38.5 Å². The van der Waals surface area contributed by atoms with Crippen molar-refractivity contribution in [3.63, 3.8) is 0 Å². The van der Waals surface area contributed by atoms with Crippen LogP contribution in [0.4, 0.5) is 0 Å². The van der Waals surface area contributed by atoms with Crippen LogP contribution >= 0.6 is 0 Å². The highest BCUT2D eigenvalue weighted by Gasteiger charge is 2.19. The zero-order chi connectivity index (χ0) is 28.8. The van der Waals surface area contributed by atoms with Gasteiger partial charge in [0.15, 0.2) is 0 Å². The van der Waals surface area contributed by atoms with E-state index in [9.17, 15) is 19.2 Å². The molecule has 0 aliphatic carbocycles. The second kappa shape index (κ2) is 22.2. The Morgan fingerprint density at radius 1 is 0.919 bits per heavy atom. The molecule has 0 spiro atoms. The largest absolute Gasteiger partial charge is 0.480 e. The van der Waals surface area contributed by atoms with Crippen molar-refractivity contribution in [1.29, 1.82) is 0 Å². The first kappa shape index (κ1) is 36.1. The summed E-state index contributed by atoms with van der Waals surface area (Å²) in [5.74, 6) is -2.10. The number of hydrogen-bond acceptors (Lipinski definition) is 7. The zero-order valence-electron chi connectivity index (χ0n) is 22.4. The second-order valence-corrected chi connectivity index (χ2v) is 9.10. The molecule has 11 heteroatoms. The topological polar surface area (TPSA) is 225 Å². The van der Waals surface area contributed by atoms with Crippen LogP contribution in [0.2, 0.25) is 0 Å². The third-order valence-electron chi connectivity index (χ3n) is 5.07. The molecule has 0 aliphatic heterocycles. The van der Waals surface area contributed by atoms with Crippen molar-refractivity contribution in [2.75, 3.05) is 6.54 Å². The highest BCUT2D eigenvalue weighted by atomic mass is 16.4. The maximum Gasteiger partial charge on any atom is 0.326 e. The summed E-state index contributed by atoms with van der Waals surface area (Å²) in [7, 11) is 0. The third kappa shape index (κ3) is 21.9. The summed E-state index contributed by atoms with van der Waals surface area (Å²) < 4.78 is 0. The number of rotatable bonds is 15. The number of aryl methyl sites for hydroxylation is 1. The Balaban J connectivity index is 0. The first-order valence-corrected chi connectivity index (χ1v) is 12.6. The predicted octanol–water partition coefficient (Wildman–Crippen LogP) is 1.36. The molecule has 1 rings (SSSR count). The lowest BCUT2D eigenvalue weighted by molar-refractivity contribution is -0.142. The molecule has 11 N–H and O–H groups in total. The van der Waals surface area contributed by atoms with Gasteiger partial charge in [-0.2, -0.15) is 0 Å². The van der Waals surface area contributed by atoms with Crippen LogP contribution < -0.4 is 28.3 Å². The van der Waals surface area contributed by atoms with Crippen LogP contribution in [-0.4, -0.2) is 58.6 Å². The van der Waals surface area contributed by atoms with Crippen LogP contribution in [-0.2, 0) is 25.6 Å². The molecule has 2 amide bonds. The van der Waals surface area contributed by atoms with Crippen molar-refractivity contribution in [3.8, 4) is 0 Å². The van der Waals surface area contributed by atoms with Crippen LogP contribution in [0, 0.1) is 5.92 Å². The Morgan fingerprint density at radius 2 is 1.51 bits per heavy atom. The van der Waals surface area contributed by atoms with Crippen LogP contribution in [0.1, 0.15) is 71.3 Å². The van der Waals surface area contributed by atoms with Gasteiger partial charge in [0, 0.05) is 6.42 Å². The normalized spacial score (nSPS) is 12.6. The van der Waals surface area contributed by atoms with Crippen LogP contribution in [0.25, 0.3) is 0 Å². The number of primary amides is 1. The smallest absolute Gasteiger partial charge is 0.326 e. The van der Waals surface area contributed by atoms with Gasteiger partial charge in [0.25, 0.3) is 0 Å². The van der Waals surface area contributed by atoms with E-state index in [4.69, 9.17) is 33.1 Å². The van der Waals surface area contributed by atoms with E-state index in [2.05, 4.69) is 5.32 Å². The van der Waals surface area contributed by atoms with Gasteiger partial charge in [0.1, 0.15) is 12.1 Å². The molecule has 0 aromatic heterocycles. The quantitative estimate of drug-likeness (QED) is 0.164. The van der Waals surface area contributed by atoms with Crippen molar-refractivity contribution in [2.45, 2.75) is 90.3 Å². The molecule has 0 unspecified atom stereocenters. The van der Waals surface area contributed by atoms with Crippen molar-refractivity contribution in [3.05, 3.63) is 35.9 Å². The summed E-state index contributed by atoms with van der Waals surface area (Å²) in [6.07, 6.45) is 4.87. The maximum atomic E-state index is 11.8.